The third kappa shape index (κ3) is 4.11. The molecule has 0 unspecified atom stereocenters. The van der Waals surface area contributed by atoms with Gasteiger partial charge in [0.2, 0.25) is 5.82 Å². The van der Waals surface area contributed by atoms with E-state index in [0.717, 1.165) is 46.7 Å². The van der Waals surface area contributed by atoms with Crippen LogP contribution in [-0.2, 0) is 28.5 Å². The van der Waals surface area contributed by atoms with Gasteiger partial charge in [0.25, 0.3) is 0 Å². The van der Waals surface area contributed by atoms with E-state index in [-0.39, 0.29) is 17.5 Å². The van der Waals surface area contributed by atoms with Crippen molar-refractivity contribution in [2.75, 3.05) is 19.5 Å². The highest BCUT2D eigenvalue weighted by atomic mass is 32.2. The minimum atomic E-state index is -4.68. The third-order valence-corrected chi connectivity index (χ3v) is 5.34. The third-order valence-electron chi connectivity index (χ3n) is 4.44. The zero-order valence-corrected chi connectivity index (χ0v) is 16.3. The molecule has 6 nitrogen and oxygen atoms in total. The van der Waals surface area contributed by atoms with Crippen molar-refractivity contribution in [3.8, 4) is 11.4 Å². The van der Waals surface area contributed by atoms with E-state index >= 15 is 0 Å². The van der Waals surface area contributed by atoms with Crippen LogP contribution in [0.5, 0.6) is 5.75 Å². The Morgan fingerprint density at radius 2 is 1.93 bits per heavy atom. The van der Waals surface area contributed by atoms with Gasteiger partial charge >= 0.3 is 12.1 Å². The van der Waals surface area contributed by atoms with Gasteiger partial charge in [0, 0.05) is 0 Å². The molecule has 1 aliphatic rings. The monoisotopic (exact) mass is 415 g/mol. The smallest absolute Gasteiger partial charge is 0.452 e. The minimum Gasteiger partial charge on any atom is -0.496 e. The molecule has 1 aromatic carbocycles. The SMILES string of the molecule is CCOC(=O)CSc1nnc(C(F)(F)F)n1-c1ccc(OC)c2c1CCCC2. The predicted octanol–water partition coefficient (Wildman–Crippen LogP) is 3.83. The highest BCUT2D eigenvalue weighted by molar-refractivity contribution is 7.99. The molecule has 0 saturated heterocycles. The predicted molar refractivity (Wildman–Crippen MR) is 96.9 cm³/mol. The Kier molecular flexibility index (Phi) is 6.17. The molecule has 1 aromatic heterocycles. The average molecular weight is 415 g/mol. The molecule has 1 aliphatic carbocycles. The molecule has 0 atom stereocenters. The highest BCUT2D eigenvalue weighted by Crippen LogP contribution is 2.38. The second-order valence-electron chi connectivity index (χ2n) is 6.18. The van der Waals surface area contributed by atoms with Crippen molar-refractivity contribution in [2.45, 2.75) is 43.9 Å². The van der Waals surface area contributed by atoms with Gasteiger partial charge in [-0.1, -0.05) is 11.8 Å². The van der Waals surface area contributed by atoms with E-state index in [4.69, 9.17) is 9.47 Å². The number of benzene rings is 1. The van der Waals surface area contributed by atoms with Crippen molar-refractivity contribution in [1.29, 1.82) is 0 Å². The van der Waals surface area contributed by atoms with Gasteiger partial charge in [-0.05, 0) is 55.9 Å². The summed E-state index contributed by atoms with van der Waals surface area (Å²) in [5.74, 6) is -1.12. The standard InChI is InChI=1S/C18H20F3N3O3S/c1-3-27-15(25)10-28-17-23-22-16(18(19,20)21)24(17)13-8-9-14(26-2)12-7-5-4-6-11(12)13/h8-9H,3-7,10H2,1-2H3. The van der Waals surface area contributed by atoms with Crippen LogP contribution in [0.15, 0.2) is 17.3 Å². The molecule has 10 heteroatoms. The van der Waals surface area contributed by atoms with Crippen molar-refractivity contribution < 1.29 is 27.4 Å². The van der Waals surface area contributed by atoms with Gasteiger partial charge in [-0.25, -0.2) is 0 Å². The number of carbonyl (C=O) groups is 1. The second-order valence-corrected chi connectivity index (χ2v) is 7.13. The summed E-state index contributed by atoms with van der Waals surface area (Å²) in [5.41, 5.74) is 2.09. The maximum Gasteiger partial charge on any atom is 0.452 e. The molecular weight excluding hydrogens is 395 g/mol. The Morgan fingerprint density at radius 3 is 2.57 bits per heavy atom. The molecule has 0 bridgehead atoms. The van der Waals surface area contributed by atoms with E-state index in [1.807, 2.05) is 0 Å². The first-order valence-corrected chi connectivity index (χ1v) is 9.85. The van der Waals surface area contributed by atoms with E-state index < -0.39 is 18.0 Å². The Bertz CT molecular complexity index is 868. The van der Waals surface area contributed by atoms with Crippen molar-refractivity contribution in [1.82, 2.24) is 14.8 Å². The van der Waals surface area contributed by atoms with Crippen LogP contribution in [0.3, 0.4) is 0 Å². The number of hydrogen-bond donors (Lipinski definition) is 0. The van der Waals surface area contributed by atoms with Crippen molar-refractivity contribution in [3.63, 3.8) is 0 Å². The summed E-state index contributed by atoms with van der Waals surface area (Å²) in [6, 6.07) is 3.26. The number of thioether (sulfide) groups is 1. The topological polar surface area (TPSA) is 66.2 Å². The van der Waals surface area contributed by atoms with E-state index in [1.54, 1.807) is 26.2 Å². The number of fused-ring (bicyclic) bond motifs is 1. The minimum absolute atomic E-state index is 0.00156. The van der Waals surface area contributed by atoms with Gasteiger partial charge in [0.05, 0.1) is 25.2 Å². The number of hydrogen-bond acceptors (Lipinski definition) is 6. The van der Waals surface area contributed by atoms with E-state index in [0.29, 0.717) is 17.9 Å². The number of carbonyl (C=O) groups excluding carboxylic acids is 1. The van der Waals surface area contributed by atoms with Crippen LogP contribution in [0, 0.1) is 0 Å². The Morgan fingerprint density at radius 1 is 1.21 bits per heavy atom. The van der Waals surface area contributed by atoms with Crippen LogP contribution >= 0.6 is 11.8 Å². The molecule has 0 radical (unpaired) electrons. The fourth-order valence-electron chi connectivity index (χ4n) is 3.31. The molecule has 0 saturated carbocycles. The first-order valence-electron chi connectivity index (χ1n) is 8.87. The largest absolute Gasteiger partial charge is 0.496 e. The molecule has 0 amide bonds. The lowest BCUT2D eigenvalue weighted by atomic mass is 9.89. The Hall–Kier alpha value is -2.23. The van der Waals surface area contributed by atoms with Gasteiger partial charge in [0.1, 0.15) is 5.75 Å². The maximum absolute atomic E-state index is 13.6. The van der Waals surface area contributed by atoms with Crippen LogP contribution in [-0.4, -0.2) is 40.2 Å². The molecular formula is C18H20F3N3O3S. The lowest BCUT2D eigenvalue weighted by Crippen LogP contribution is -2.18. The first kappa shape index (κ1) is 20.5. The lowest BCUT2D eigenvalue weighted by Gasteiger charge is -2.23. The van der Waals surface area contributed by atoms with Crippen LogP contribution in [0.2, 0.25) is 0 Å². The number of esters is 1. The molecule has 0 N–H and O–H groups in total. The van der Waals surface area contributed by atoms with Crippen LogP contribution < -0.4 is 4.74 Å². The quantitative estimate of drug-likeness (QED) is 0.528. The van der Waals surface area contributed by atoms with Gasteiger partial charge in [-0.2, -0.15) is 13.2 Å². The van der Waals surface area contributed by atoms with Crippen LogP contribution in [0.25, 0.3) is 5.69 Å². The maximum atomic E-state index is 13.6. The molecule has 1 heterocycles. The summed E-state index contributed by atoms with van der Waals surface area (Å²) in [6.07, 6.45) is -1.48. The van der Waals surface area contributed by atoms with Gasteiger partial charge in [-0.3, -0.25) is 9.36 Å². The van der Waals surface area contributed by atoms with E-state index in [1.165, 1.54) is 0 Å². The summed E-state index contributed by atoms with van der Waals surface area (Å²) in [7, 11) is 1.55. The molecule has 0 fully saturated rings. The lowest BCUT2D eigenvalue weighted by molar-refractivity contribution is -0.146. The van der Waals surface area contributed by atoms with Gasteiger partial charge in [0.15, 0.2) is 5.16 Å². The average Bonchev–Trinajstić information content (AvgIpc) is 3.10. The first-order chi connectivity index (χ1) is 13.4. The second kappa shape index (κ2) is 8.42. The summed E-state index contributed by atoms with van der Waals surface area (Å²) in [4.78, 5) is 11.6. The summed E-state index contributed by atoms with van der Waals surface area (Å²) < 4.78 is 52.0. The molecule has 2 aromatic rings. The summed E-state index contributed by atoms with van der Waals surface area (Å²) in [5, 5.41) is 7.06. The summed E-state index contributed by atoms with van der Waals surface area (Å²) in [6.45, 7) is 1.86. The number of ether oxygens (including phenoxy) is 2. The molecule has 0 spiro atoms. The Labute approximate surface area is 164 Å². The number of halogens is 3. The number of rotatable bonds is 6. The van der Waals surface area contributed by atoms with E-state index in [9.17, 15) is 18.0 Å². The number of aromatic nitrogens is 3. The molecule has 0 aliphatic heterocycles. The van der Waals surface area contributed by atoms with Crippen molar-refractivity contribution in [2.24, 2.45) is 0 Å². The van der Waals surface area contributed by atoms with Gasteiger partial charge < -0.3 is 9.47 Å². The zero-order valence-electron chi connectivity index (χ0n) is 15.5. The fourth-order valence-corrected chi connectivity index (χ4v) is 4.05. The van der Waals surface area contributed by atoms with Crippen LogP contribution in [0.1, 0.15) is 36.7 Å². The number of alkyl halides is 3. The normalized spacial score (nSPS) is 13.9. The zero-order chi connectivity index (χ0) is 20.3. The van der Waals surface area contributed by atoms with Crippen molar-refractivity contribution >= 4 is 17.7 Å². The molecule has 3 rings (SSSR count). The fraction of sp³-hybridized carbons (Fsp3) is 0.500. The van der Waals surface area contributed by atoms with Crippen LogP contribution in [0.4, 0.5) is 13.2 Å². The summed E-state index contributed by atoms with van der Waals surface area (Å²) >= 11 is 0.871. The van der Waals surface area contributed by atoms with E-state index in [2.05, 4.69) is 10.2 Å². The van der Waals surface area contributed by atoms with Crippen molar-refractivity contribution in [3.05, 3.63) is 29.1 Å². The molecule has 152 valence electrons. The highest BCUT2D eigenvalue weighted by Gasteiger charge is 2.40. The molecule has 28 heavy (non-hydrogen) atoms. The number of nitrogens with zero attached hydrogens (tertiary/aromatic N) is 3. The van der Waals surface area contributed by atoms with Gasteiger partial charge in [-0.15, -0.1) is 10.2 Å². The number of methoxy groups -OCH3 is 1. The Balaban J connectivity index is 2.09.